The van der Waals surface area contributed by atoms with Crippen molar-refractivity contribution in [1.82, 2.24) is 25.2 Å². The quantitative estimate of drug-likeness (QED) is 0.370. The number of carbonyl (C=O) groups is 1. The van der Waals surface area contributed by atoms with Crippen molar-refractivity contribution < 1.29 is 40.2 Å². The van der Waals surface area contributed by atoms with E-state index in [4.69, 9.17) is 9.29 Å². The number of aromatic nitrogens is 3. The van der Waals surface area contributed by atoms with Crippen LogP contribution in [0.4, 0.5) is 22.0 Å². The Labute approximate surface area is 215 Å². The highest BCUT2D eigenvalue weighted by atomic mass is 32.2. The van der Waals surface area contributed by atoms with Gasteiger partial charge in [-0.25, -0.2) is 13.0 Å². The SMILES string of the molecule is C[C@H]1C[C@@]2(CCN1Cc1cn(CCS(=O)O)nn1)OCCc1c2sc(C(F)(F)F)c1C(=O)NCC(F)F. The molecule has 0 saturated carbocycles. The molecule has 4 rings (SSSR count). The molecule has 0 bridgehead atoms. The molecule has 1 unspecified atom stereocenters. The third-order valence-corrected chi connectivity index (χ3v) is 8.54. The minimum Gasteiger partial charge on any atom is -0.369 e. The molecule has 2 N–H and O–H groups in total. The van der Waals surface area contributed by atoms with Gasteiger partial charge in [0.15, 0.2) is 11.1 Å². The van der Waals surface area contributed by atoms with Crippen LogP contribution >= 0.6 is 11.3 Å². The first-order chi connectivity index (χ1) is 17.4. The molecule has 1 fully saturated rings. The van der Waals surface area contributed by atoms with Gasteiger partial charge in [-0.05, 0) is 31.7 Å². The number of nitrogens with one attached hydrogen (secondary N) is 1. The van der Waals surface area contributed by atoms with Gasteiger partial charge in [-0.1, -0.05) is 5.21 Å². The van der Waals surface area contributed by atoms with Crippen molar-refractivity contribution in [3.8, 4) is 0 Å². The van der Waals surface area contributed by atoms with Gasteiger partial charge in [0, 0.05) is 30.2 Å². The molecule has 9 nitrogen and oxygen atoms in total. The second-order valence-electron chi connectivity index (χ2n) is 9.08. The van der Waals surface area contributed by atoms with E-state index in [1.165, 1.54) is 4.68 Å². The van der Waals surface area contributed by atoms with Crippen molar-refractivity contribution in [2.24, 2.45) is 0 Å². The second-order valence-corrected chi connectivity index (χ2v) is 11.1. The zero-order valence-electron chi connectivity index (χ0n) is 19.8. The minimum atomic E-state index is -4.82. The first kappa shape index (κ1) is 28.0. The smallest absolute Gasteiger partial charge is 0.369 e. The third-order valence-electron chi connectivity index (χ3n) is 6.55. The molecule has 1 spiro atoms. The minimum absolute atomic E-state index is 0.0218. The summed E-state index contributed by atoms with van der Waals surface area (Å²) in [6.07, 6.45) is -5.19. The average molecular weight is 572 g/mol. The molecule has 3 atom stereocenters. The van der Waals surface area contributed by atoms with Crippen LogP contribution in [0.2, 0.25) is 0 Å². The van der Waals surface area contributed by atoms with Gasteiger partial charge in [-0.3, -0.25) is 14.4 Å². The first-order valence-corrected chi connectivity index (χ1v) is 13.6. The van der Waals surface area contributed by atoms with E-state index in [9.17, 15) is 31.0 Å². The van der Waals surface area contributed by atoms with E-state index in [1.54, 1.807) is 6.20 Å². The van der Waals surface area contributed by atoms with Crippen molar-refractivity contribution in [3.05, 3.63) is 32.8 Å². The average Bonchev–Trinajstić information content (AvgIpc) is 3.43. The van der Waals surface area contributed by atoms with Gasteiger partial charge in [0.25, 0.3) is 12.3 Å². The van der Waals surface area contributed by atoms with Gasteiger partial charge in [-0.2, -0.15) is 13.2 Å². The van der Waals surface area contributed by atoms with E-state index < -0.39 is 52.2 Å². The molecule has 37 heavy (non-hydrogen) atoms. The van der Waals surface area contributed by atoms with Gasteiger partial charge in [0.2, 0.25) is 0 Å². The summed E-state index contributed by atoms with van der Waals surface area (Å²) >= 11 is -1.48. The largest absolute Gasteiger partial charge is 0.426 e. The van der Waals surface area contributed by atoms with Crippen LogP contribution in [-0.4, -0.2) is 72.5 Å². The molecule has 2 aliphatic heterocycles. The number of alkyl halides is 5. The number of thiophene rings is 1. The van der Waals surface area contributed by atoms with Crippen LogP contribution in [0.3, 0.4) is 0 Å². The number of fused-ring (bicyclic) bond motifs is 2. The standard InChI is InChI=1S/C21H26F5N5O4S2/c1-12-8-20(3-4-30(12)10-13-11-31(29-28-13)5-7-37(33)34)17-14(2-6-35-20)16(18(36-17)21(24,25)26)19(32)27-9-15(22)23/h11-12,15H,2-10H2,1H3,(H,27,32)(H,33,34)/t12-,20+/m0/s1. The van der Waals surface area contributed by atoms with Crippen LogP contribution < -0.4 is 5.32 Å². The number of carbonyl (C=O) groups excluding carboxylic acids is 1. The van der Waals surface area contributed by atoms with E-state index in [2.05, 4.69) is 15.2 Å². The number of piperidine rings is 1. The van der Waals surface area contributed by atoms with Crippen molar-refractivity contribution >= 4 is 28.3 Å². The molecular formula is C21H26F5N5O4S2. The fourth-order valence-corrected chi connectivity index (χ4v) is 6.65. The lowest BCUT2D eigenvalue weighted by Gasteiger charge is -2.47. The lowest BCUT2D eigenvalue weighted by molar-refractivity contribution is -0.134. The molecule has 2 aromatic rings. The molecule has 1 amide bonds. The van der Waals surface area contributed by atoms with Gasteiger partial charge in [-0.15, -0.1) is 16.4 Å². The van der Waals surface area contributed by atoms with Crippen LogP contribution in [0.15, 0.2) is 6.20 Å². The summed E-state index contributed by atoms with van der Waals surface area (Å²) in [7, 11) is 0. The maximum Gasteiger partial charge on any atom is 0.426 e. The van der Waals surface area contributed by atoms with Gasteiger partial charge < -0.3 is 14.6 Å². The molecule has 0 radical (unpaired) electrons. The molecule has 16 heteroatoms. The first-order valence-electron chi connectivity index (χ1n) is 11.5. The van der Waals surface area contributed by atoms with Crippen molar-refractivity contribution in [2.45, 2.75) is 63.5 Å². The highest BCUT2D eigenvalue weighted by molar-refractivity contribution is 7.79. The number of likely N-dealkylation sites (tertiary alicyclic amines) is 1. The Hall–Kier alpha value is -2.01. The van der Waals surface area contributed by atoms with Crippen LogP contribution in [0.25, 0.3) is 0 Å². The molecule has 2 aliphatic rings. The van der Waals surface area contributed by atoms with Crippen LogP contribution in [-0.2, 0) is 47.1 Å². The molecule has 0 aliphatic carbocycles. The number of amides is 1. The van der Waals surface area contributed by atoms with Gasteiger partial charge in [0.05, 0.1) is 36.7 Å². The summed E-state index contributed by atoms with van der Waals surface area (Å²) in [5.41, 5.74) is -0.727. The maximum atomic E-state index is 13.9. The van der Waals surface area contributed by atoms with E-state index >= 15 is 0 Å². The van der Waals surface area contributed by atoms with E-state index in [1.807, 2.05) is 12.2 Å². The maximum absolute atomic E-state index is 13.9. The fourth-order valence-electron chi connectivity index (χ4n) is 4.91. The van der Waals surface area contributed by atoms with Crippen LogP contribution in [0.5, 0.6) is 0 Å². The third kappa shape index (κ3) is 6.19. The number of hydrogen-bond donors (Lipinski definition) is 2. The van der Waals surface area contributed by atoms with Crippen molar-refractivity contribution in [3.63, 3.8) is 0 Å². The Bertz CT molecular complexity index is 1160. The van der Waals surface area contributed by atoms with Crippen molar-refractivity contribution in [1.29, 1.82) is 0 Å². The summed E-state index contributed by atoms with van der Waals surface area (Å²) in [4.78, 5) is 13.9. The number of ether oxygens (including phenoxy) is 1. The topological polar surface area (TPSA) is 110 Å². The Morgan fingerprint density at radius 3 is 2.84 bits per heavy atom. The predicted octanol–water partition coefficient (Wildman–Crippen LogP) is 3.03. The number of halogens is 5. The lowest BCUT2D eigenvalue weighted by Crippen LogP contribution is -2.50. The zero-order chi connectivity index (χ0) is 27.0. The van der Waals surface area contributed by atoms with Crippen LogP contribution in [0, 0.1) is 0 Å². The van der Waals surface area contributed by atoms with Gasteiger partial charge >= 0.3 is 6.18 Å². The van der Waals surface area contributed by atoms with E-state index in [-0.39, 0.29) is 36.9 Å². The molecule has 1 saturated heterocycles. The summed E-state index contributed by atoms with van der Waals surface area (Å²) in [5.74, 6) is -1.13. The van der Waals surface area contributed by atoms with Crippen LogP contribution in [0.1, 0.15) is 51.1 Å². The number of nitrogens with zero attached hydrogens (tertiary/aromatic N) is 4. The molecule has 206 valence electrons. The summed E-state index contributed by atoms with van der Waals surface area (Å²) in [6.45, 7) is 2.14. The zero-order valence-corrected chi connectivity index (χ0v) is 21.4. The predicted molar refractivity (Wildman–Crippen MR) is 124 cm³/mol. The Balaban J connectivity index is 1.55. The Morgan fingerprint density at radius 2 is 2.19 bits per heavy atom. The molecule has 0 aromatic carbocycles. The number of rotatable bonds is 8. The fraction of sp³-hybridized carbons (Fsp3) is 0.667. The summed E-state index contributed by atoms with van der Waals surface area (Å²) in [5, 5.41) is 9.96. The van der Waals surface area contributed by atoms with E-state index in [0.717, 1.165) is 0 Å². The summed E-state index contributed by atoms with van der Waals surface area (Å²) < 4.78 is 94.3. The lowest BCUT2D eigenvalue weighted by atomic mass is 9.81. The number of hydrogen-bond acceptors (Lipinski definition) is 7. The molecule has 4 heterocycles. The van der Waals surface area contributed by atoms with Gasteiger partial charge in [0.1, 0.15) is 10.5 Å². The van der Waals surface area contributed by atoms with E-state index in [0.29, 0.717) is 47.8 Å². The summed E-state index contributed by atoms with van der Waals surface area (Å²) in [6, 6.07) is -0.123. The number of aryl methyl sites for hydroxylation is 1. The monoisotopic (exact) mass is 571 g/mol. The second kappa shape index (κ2) is 11.0. The highest BCUT2D eigenvalue weighted by Gasteiger charge is 2.49. The molecular weight excluding hydrogens is 545 g/mol. The Kier molecular flexibility index (Phi) is 8.33. The normalized spacial score (nSPS) is 23.4. The highest BCUT2D eigenvalue weighted by Crippen LogP contribution is 2.51. The Morgan fingerprint density at radius 1 is 1.43 bits per heavy atom. The molecule has 2 aromatic heterocycles. The van der Waals surface area contributed by atoms with Crippen molar-refractivity contribution in [2.75, 3.05) is 25.4 Å².